The second-order valence-electron chi connectivity index (χ2n) is 11.9. The van der Waals surface area contributed by atoms with Crippen molar-refractivity contribution in [2.24, 2.45) is 29.1 Å². The maximum Gasteiger partial charge on any atom is 0.241 e. The van der Waals surface area contributed by atoms with Gasteiger partial charge in [0.15, 0.2) is 11.6 Å². The molecule has 7 nitrogen and oxygen atoms in total. The van der Waals surface area contributed by atoms with E-state index in [2.05, 4.69) is 15.9 Å². The second-order valence-corrected chi connectivity index (χ2v) is 13.2. The number of benzene rings is 3. The fourth-order valence-corrected chi connectivity index (χ4v) is 8.28. The standard InChI is InChI=1S/C33H24BrClF2N2O5/c1-33-22(30(42)39(32(33)44)17-9-12-24(36)23(35)13-17)14-21-18(27(33)20-3-2-4-25(37)28(20)40)10-11-19-26(21)31(43)38(29(19)41)16-7-5-15(34)6-8-16/h2-10,12-13,19,21-22,26-27,40H,11,14H2,1H3. The highest BCUT2D eigenvalue weighted by Gasteiger charge is 2.68. The van der Waals surface area contributed by atoms with Crippen molar-refractivity contribution in [3.8, 4) is 5.75 Å². The van der Waals surface area contributed by atoms with Crippen LogP contribution in [0, 0.1) is 40.7 Å². The van der Waals surface area contributed by atoms with E-state index in [9.17, 15) is 33.1 Å². The molecule has 2 saturated heterocycles. The average Bonchev–Trinajstić information content (AvgIpc) is 3.36. The number of halogens is 4. The van der Waals surface area contributed by atoms with Gasteiger partial charge in [-0.15, -0.1) is 0 Å². The molecule has 0 aromatic heterocycles. The second kappa shape index (κ2) is 10.1. The Bertz CT molecular complexity index is 1830. The maximum atomic E-state index is 14.8. The molecule has 2 heterocycles. The lowest BCUT2D eigenvalue weighted by atomic mass is 9.51. The minimum Gasteiger partial charge on any atom is -0.505 e. The molecule has 11 heteroatoms. The Morgan fingerprint density at radius 1 is 0.886 bits per heavy atom. The van der Waals surface area contributed by atoms with Crippen LogP contribution in [0.25, 0.3) is 0 Å². The number of carbonyl (C=O) groups is 4. The van der Waals surface area contributed by atoms with Crippen molar-refractivity contribution in [2.75, 3.05) is 9.80 Å². The molecule has 2 aliphatic carbocycles. The van der Waals surface area contributed by atoms with Crippen LogP contribution in [-0.2, 0) is 19.2 Å². The zero-order valence-electron chi connectivity index (χ0n) is 23.1. The maximum absolute atomic E-state index is 14.8. The molecule has 2 aliphatic heterocycles. The molecule has 0 radical (unpaired) electrons. The van der Waals surface area contributed by atoms with Crippen LogP contribution in [0.2, 0.25) is 5.02 Å². The minimum absolute atomic E-state index is 0.0687. The number of nitrogens with zero attached hydrogens (tertiary/aromatic N) is 2. The number of amides is 4. The number of imide groups is 2. The van der Waals surface area contributed by atoms with E-state index < -0.39 is 70.1 Å². The van der Waals surface area contributed by atoms with Crippen molar-refractivity contribution in [1.29, 1.82) is 0 Å². The fourth-order valence-electron chi connectivity index (χ4n) is 7.84. The van der Waals surface area contributed by atoms with Crippen molar-refractivity contribution in [3.05, 3.63) is 99.0 Å². The summed E-state index contributed by atoms with van der Waals surface area (Å²) in [5, 5.41) is 10.7. The highest BCUT2D eigenvalue weighted by molar-refractivity contribution is 9.10. The van der Waals surface area contributed by atoms with Crippen LogP contribution < -0.4 is 9.80 Å². The molecule has 0 bridgehead atoms. The number of fused-ring (bicyclic) bond motifs is 4. The summed E-state index contributed by atoms with van der Waals surface area (Å²) in [6.07, 6.45) is 2.08. The van der Waals surface area contributed by atoms with E-state index >= 15 is 0 Å². The molecule has 4 amide bonds. The highest BCUT2D eigenvalue weighted by atomic mass is 79.9. The molecule has 1 N–H and O–H groups in total. The number of para-hydroxylation sites is 1. The van der Waals surface area contributed by atoms with Crippen molar-refractivity contribution < 1.29 is 33.1 Å². The van der Waals surface area contributed by atoms with E-state index in [4.69, 9.17) is 11.6 Å². The molecule has 224 valence electrons. The number of phenols is 1. The normalized spacial score (nSPS) is 29.5. The number of aromatic hydroxyl groups is 1. The Morgan fingerprint density at radius 2 is 1.59 bits per heavy atom. The lowest BCUT2D eigenvalue weighted by Crippen LogP contribution is -2.49. The third kappa shape index (κ3) is 3.89. The van der Waals surface area contributed by atoms with Crippen LogP contribution in [0.1, 0.15) is 31.2 Å². The highest BCUT2D eigenvalue weighted by Crippen LogP contribution is 2.64. The van der Waals surface area contributed by atoms with Gasteiger partial charge in [0.1, 0.15) is 5.82 Å². The summed E-state index contributed by atoms with van der Waals surface area (Å²) in [4.78, 5) is 58.4. The number of allylic oxidation sites excluding steroid dienone is 2. The molecule has 7 rings (SSSR count). The van der Waals surface area contributed by atoms with Gasteiger partial charge < -0.3 is 5.11 Å². The summed E-state index contributed by atoms with van der Waals surface area (Å²) in [7, 11) is 0. The summed E-state index contributed by atoms with van der Waals surface area (Å²) in [6, 6.07) is 14.3. The van der Waals surface area contributed by atoms with Crippen molar-refractivity contribution in [3.63, 3.8) is 0 Å². The number of carbonyl (C=O) groups excluding carboxylic acids is 4. The lowest BCUT2D eigenvalue weighted by molar-refractivity contribution is -0.131. The molecule has 44 heavy (non-hydrogen) atoms. The topological polar surface area (TPSA) is 95.0 Å². The van der Waals surface area contributed by atoms with E-state index in [-0.39, 0.29) is 35.0 Å². The summed E-state index contributed by atoms with van der Waals surface area (Å²) in [6.45, 7) is 1.61. The van der Waals surface area contributed by atoms with Crippen LogP contribution >= 0.6 is 27.5 Å². The smallest absolute Gasteiger partial charge is 0.241 e. The molecule has 6 atom stereocenters. The predicted molar refractivity (Wildman–Crippen MR) is 161 cm³/mol. The molecule has 3 aromatic rings. The molecular weight excluding hydrogens is 658 g/mol. The predicted octanol–water partition coefficient (Wildman–Crippen LogP) is 6.52. The van der Waals surface area contributed by atoms with E-state index in [0.717, 1.165) is 21.5 Å². The number of hydrogen-bond donors (Lipinski definition) is 1. The molecule has 4 aliphatic rings. The van der Waals surface area contributed by atoms with Gasteiger partial charge in [0.05, 0.1) is 39.6 Å². The van der Waals surface area contributed by atoms with E-state index in [1.807, 2.05) is 6.08 Å². The molecule has 6 unspecified atom stereocenters. The number of anilines is 2. The lowest BCUT2D eigenvalue weighted by Gasteiger charge is -2.49. The van der Waals surface area contributed by atoms with Gasteiger partial charge in [-0.1, -0.05) is 51.3 Å². The first-order chi connectivity index (χ1) is 20.9. The largest absolute Gasteiger partial charge is 0.505 e. The Balaban J connectivity index is 1.38. The quantitative estimate of drug-likeness (QED) is 0.251. The van der Waals surface area contributed by atoms with Gasteiger partial charge in [-0.05, 0) is 74.2 Å². The Morgan fingerprint density at radius 3 is 2.30 bits per heavy atom. The third-order valence-electron chi connectivity index (χ3n) is 9.85. The monoisotopic (exact) mass is 680 g/mol. The first-order valence-corrected chi connectivity index (χ1v) is 15.3. The number of rotatable bonds is 3. The summed E-state index contributed by atoms with van der Waals surface area (Å²) >= 11 is 9.38. The van der Waals surface area contributed by atoms with E-state index in [1.54, 1.807) is 31.2 Å². The summed E-state index contributed by atoms with van der Waals surface area (Å²) < 4.78 is 29.6. The van der Waals surface area contributed by atoms with Gasteiger partial charge in [0.25, 0.3) is 0 Å². The van der Waals surface area contributed by atoms with E-state index in [0.29, 0.717) is 11.3 Å². The summed E-state index contributed by atoms with van der Waals surface area (Å²) in [5.41, 5.74) is -0.299. The molecule has 3 aromatic carbocycles. The molecular formula is C33H24BrClF2N2O5. The molecule has 3 fully saturated rings. The van der Waals surface area contributed by atoms with Crippen molar-refractivity contribution in [1.82, 2.24) is 0 Å². The van der Waals surface area contributed by atoms with Crippen LogP contribution in [0.15, 0.2) is 76.8 Å². The van der Waals surface area contributed by atoms with Gasteiger partial charge in [-0.3, -0.25) is 24.1 Å². The SMILES string of the molecule is CC12C(=O)N(c3ccc(F)c(Cl)c3)C(=O)C1CC1C(=CCC3C(=O)N(c4ccc(Br)cc4)C(=O)C31)C2c1cccc(F)c1O. The number of phenolic OH excluding ortho intramolecular Hbond substituents is 1. The van der Waals surface area contributed by atoms with Gasteiger partial charge in [-0.2, -0.15) is 0 Å². The number of hydrogen-bond acceptors (Lipinski definition) is 5. The van der Waals surface area contributed by atoms with Crippen LogP contribution in [0.3, 0.4) is 0 Å². The van der Waals surface area contributed by atoms with Gasteiger partial charge >= 0.3 is 0 Å². The first kappa shape index (κ1) is 28.9. The Kier molecular flexibility index (Phi) is 6.60. The average molecular weight is 682 g/mol. The minimum atomic E-state index is -1.50. The Labute approximate surface area is 264 Å². The first-order valence-electron chi connectivity index (χ1n) is 14.1. The van der Waals surface area contributed by atoms with Crippen molar-refractivity contribution in [2.45, 2.75) is 25.7 Å². The fraction of sp³-hybridized carbons (Fsp3) is 0.273. The Hall–Kier alpha value is -3.89. The van der Waals surface area contributed by atoms with Crippen LogP contribution in [-0.4, -0.2) is 28.7 Å². The van der Waals surface area contributed by atoms with Gasteiger partial charge in [0, 0.05) is 16.0 Å². The zero-order chi connectivity index (χ0) is 31.2. The van der Waals surface area contributed by atoms with Crippen molar-refractivity contribution >= 4 is 62.5 Å². The zero-order valence-corrected chi connectivity index (χ0v) is 25.5. The summed E-state index contributed by atoms with van der Waals surface area (Å²) in [5.74, 6) is -8.40. The van der Waals surface area contributed by atoms with Crippen LogP contribution in [0.5, 0.6) is 5.75 Å². The van der Waals surface area contributed by atoms with Gasteiger partial charge in [-0.25, -0.2) is 13.7 Å². The van der Waals surface area contributed by atoms with E-state index in [1.165, 1.54) is 29.2 Å². The molecule has 1 saturated carbocycles. The van der Waals surface area contributed by atoms with Gasteiger partial charge in [0.2, 0.25) is 23.6 Å². The third-order valence-corrected chi connectivity index (χ3v) is 10.7. The van der Waals surface area contributed by atoms with Crippen LogP contribution in [0.4, 0.5) is 20.2 Å². The molecule has 0 spiro atoms.